The van der Waals surface area contributed by atoms with Crippen LogP contribution in [0.25, 0.3) is 11.3 Å². The maximum Gasteiger partial charge on any atom is 0.254 e. The van der Waals surface area contributed by atoms with Crippen LogP contribution in [0, 0.1) is 0 Å². The Hall–Kier alpha value is -3.69. The van der Waals surface area contributed by atoms with E-state index in [1.807, 2.05) is 42.5 Å². The zero-order chi connectivity index (χ0) is 26.1. The van der Waals surface area contributed by atoms with Crippen LogP contribution in [-0.4, -0.2) is 70.5 Å². The van der Waals surface area contributed by atoms with Crippen molar-refractivity contribution in [1.29, 1.82) is 0 Å². The molecular formula is C28H28ClN5O4. The lowest BCUT2D eigenvalue weighted by Crippen LogP contribution is -2.41. The number of fused-ring (bicyclic) bond motifs is 2. The Labute approximate surface area is 225 Å². The van der Waals surface area contributed by atoms with Gasteiger partial charge >= 0.3 is 0 Å². The summed E-state index contributed by atoms with van der Waals surface area (Å²) in [6.45, 7) is 3.18. The number of para-hydroxylation sites is 1. The number of carbonyl (C=O) groups is 2. The predicted molar refractivity (Wildman–Crippen MR) is 142 cm³/mol. The van der Waals surface area contributed by atoms with Gasteiger partial charge in [0.2, 0.25) is 11.9 Å². The van der Waals surface area contributed by atoms with Crippen LogP contribution in [-0.2, 0) is 22.6 Å². The fraction of sp³-hybridized carbons (Fsp3) is 0.357. The van der Waals surface area contributed by atoms with Crippen LogP contribution in [0.4, 0.5) is 5.95 Å². The molecule has 196 valence electrons. The van der Waals surface area contributed by atoms with E-state index < -0.39 is 0 Å². The van der Waals surface area contributed by atoms with Crippen LogP contribution in [0.1, 0.15) is 34.3 Å². The molecule has 38 heavy (non-hydrogen) atoms. The number of hydrogen-bond acceptors (Lipinski definition) is 7. The highest BCUT2D eigenvalue weighted by atomic mass is 35.5. The Morgan fingerprint density at radius 1 is 1.08 bits per heavy atom. The molecule has 0 unspecified atom stereocenters. The highest BCUT2D eigenvalue weighted by Gasteiger charge is 2.31. The molecule has 2 aromatic carbocycles. The summed E-state index contributed by atoms with van der Waals surface area (Å²) in [5.74, 6) is 1.02. The number of benzene rings is 2. The average molecular weight is 534 g/mol. The zero-order valence-corrected chi connectivity index (χ0v) is 21.6. The van der Waals surface area contributed by atoms with Gasteiger partial charge in [-0.25, -0.2) is 9.97 Å². The second-order valence-electron chi connectivity index (χ2n) is 9.73. The topological polar surface area (TPSA) is 96.9 Å². The molecule has 0 bridgehead atoms. The molecule has 1 saturated heterocycles. The Bertz CT molecular complexity index is 1380. The average Bonchev–Trinajstić information content (AvgIpc) is 3.10. The van der Waals surface area contributed by atoms with Crippen LogP contribution in [0.5, 0.6) is 5.75 Å². The van der Waals surface area contributed by atoms with E-state index in [1.54, 1.807) is 16.0 Å². The first-order valence-electron chi connectivity index (χ1n) is 12.8. The minimum Gasteiger partial charge on any atom is -0.491 e. The molecule has 3 aromatic rings. The maximum absolute atomic E-state index is 13.3. The Balaban J connectivity index is 1.16. The van der Waals surface area contributed by atoms with E-state index in [2.05, 4.69) is 15.3 Å². The molecule has 1 aromatic heterocycles. The van der Waals surface area contributed by atoms with Crippen molar-refractivity contribution in [2.24, 2.45) is 0 Å². The standard InChI is InChI=1S/C28H28ClN5O4/c29-23-14-30-28(31-21-7-10-37-11-8-21)32-26(23)18-5-6-19-15-34(27(36)22(19)13-18)17-25(35)33-9-12-38-24-4-2-1-3-20(24)16-33/h1-6,13-14,21H,7-12,15-17H2,(H,30,31,32). The first kappa shape index (κ1) is 24.6. The van der Waals surface area contributed by atoms with Gasteiger partial charge in [0.05, 0.1) is 23.5 Å². The van der Waals surface area contributed by atoms with Gasteiger partial charge in [-0.3, -0.25) is 9.59 Å². The third-order valence-electron chi connectivity index (χ3n) is 7.19. The van der Waals surface area contributed by atoms with Crippen LogP contribution in [0.15, 0.2) is 48.7 Å². The number of halogens is 1. The highest BCUT2D eigenvalue weighted by Crippen LogP contribution is 2.32. The Morgan fingerprint density at radius 2 is 1.92 bits per heavy atom. The van der Waals surface area contributed by atoms with Gasteiger partial charge in [-0.05, 0) is 30.5 Å². The fourth-order valence-electron chi connectivity index (χ4n) is 5.10. The molecule has 10 heteroatoms. The van der Waals surface area contributed by atoms with E-state index in [-0.39, 0.29) is 24.4 Å². The number of rotatable bonds is 5. The van der Waals surface area contributed by atoms with Gasteiger partial charge in [-0.15, -0.1) is 0 Å². The number of aromatic nitrogens is 2. The molecule has 0 radical (unpaired) electrons. The number of carbonyl (C=O) groups excluding carboxylic acids is 2. The van der Waals surface area contributed by atoms with Crippen molar-refractivity contribution in [3.63, 3.8) is 0 Å². The molecule has 0 aliphatic carbocycles. The smallest absolute Gasteiger partial charge is 0.254 e. The number of nitrogens with one attached hydrogen (secondary N) is 1. The van der Waals surface area contributed by atoms with Crippen molar-refractivity contribution < 1.29 is 19.1 Å². The van der Waals surface area contributed by atoms with Gasteiger partial charge in [0.15, 0.2) is 0 Å². The van der Waals surface area contributed by atoms with Gasteiger partial charge in [0.1, 0.15) is 18.9 Å². The van der Waals surface area contributed by atoms with Gasteiger partial charge in [0.25, 0.3) is 5.91 Å². The predicted octanol–water partition coefficient (Wildman–Crippen LogP) is 3.76. The summed E-state index contributed by atoms with van der Waals surface area (Å²) >= 11 is 6.47. The van der Waals surface area contributed by atoms with Crippen molar-refractivity contribution in [1.82, 2.24) is 19.8 Å². The van der Waals surface area contributed by atoms with Crippen LogP contribution in [0.2, 0.25) is 5.02 Å². The second-order valence-corrected chi connectivity index (χ2v) is 10.1. The van der Waals surface area contributed by atoms with Crippen molar-refractivity contribution in [2.45, 2.75) is 32.0 Å². The van der Waals surface area contributed by atoms with Gasteiger partial charge in [0, 0.05) is 49.0 Å². The Morgan fingerprint density at radius 3 is 2.79 bits per heavy atom. The number of anilines is 1. The second kappa shape index (κ2) is 10.6. The molecule has 6 rings (SSSR count). The third-order valence-corrected chi connectivity index (χ3v) is 7.47. The van der Waals surface area contributed by atoms with Crippen LogP contribution >= 0.6 is 11.6 Å². The molecular weight excluding hydrogens is 506 g/mol. The zero-order valence-electron chi connectivity index (χ0n) is 20.9. The monoisotopic (exact) mass is 533 g/mol. The lowest BCUT2D eigenvalue weighted by molar-refractivity contribution is -0.132. The van der Waals surface area contributed by atoms with E-state index in [0.717, 1.165) is 35.3 Å². The molecule has 0 saturated carbocycles. The molecule has 2 amide bonds. The number of amides is 2. The first-order chi connectivity index (χ1) is 18.5. The maximum atomic E-state index is 13.3. The normalized spacial score (nSPS) is 17.4. The molecule has 3 aliphatic heterocycles. The van der Waals surface area contributed by atoms with Gasteiger partial charge < -0.3 is 24.6 Å². The van der Waals surface area contributed by atoms with E-state index in [0.29, 0.717) is 61.7 Å². The Kier molecular flexibility index (Phi) is 6.86. The minimum atomic E-state index is -0.174. The van der Waals surface area contributed by atoms with E-state index in [4.69, 9.17) is 21.1 Å². The number of hydrogen-bond donors (Lipinski definition) is 1. The quantitative estimate of drug-likeness (QED) is 0.533. The van der Waals surface area contributed by atoms with Crippen molar-refractivity contribution in [3.05, 3.63) is 70.4 Å². The third kappa shape index (κ3) is 5.04. The molecule has 9 nitrogen and oxygen atoms in total. The summed E-state index contributed by atoms with van der Waals surface area (Å²) in [6.07, 6.45) is 3.36. The molecule has 3 aliphatic rings. The molecule has 1 fully saturated rings. The van der Waals surface area contributed by atoms with Crippen LogP contribution in [0.3, 0.4) is 0 Å². The van der Waals surface area contributed by atoms with Gasteiger partial charge in [-0.2, -0.15) is 0 Å². The summed E-state index contributed by atoms with van der Waals surface area (Å²) in [5.41, 5.74) is 3.69. The SMILES string of the molecule is O=C(CN1Cc2ccc(-c3nc(NC4CCOCC4)ncc3Cl)cc2C1=O)N1CCOc2ccccc2C1. The van der Waals surface area contributed by atoms with E-state index in [1.165, 1.54) is 0 Å². The van der Waals surface area contributed by atoms with Crippen molar-refractivity contribution in [3.8, 4) is 17.0 Å². The fourth-order valence-corrected chi connectivity index (χ4v) is 5.30. The summed E-state index contributed by atoms with van der Waals surface area (Å²) in [6, 6.07) is 13.6. The molecule has 1 N–H and O–H groups in total. The van der Waals surface area contributed by atoms with E-state index in [9.17, 15) is 9.59 Å². The number of ether oxygens (including phenoxy) is 2. The largest absolute Gasteiger partial charge is 0.491 e. The van der Waals surface area contributed by atoms with E-state index >= 15 is 0 Å². The summed E-state index contributed by atoms with van der Waals surface area (Å²) < 4.78 is 11.2. The highest BCUT2D eigenvalue weighted by molar-refractivity contribution is 6.33. The lowest BCUT2D eigenvalue weighted by atomic mass is 10.0. The van der Waals surface area contributed by atoms with Crippen LogP contribution < -0.4 is 10.1 Å². The lowest BCUT2D eigenvalue weighted by Gasteiger charge is -2.23. The molecule has 0 atom stereocenters. The summed E-state index contributed by atoms with van der Waals surface area (Å²) in [7, 11) is 0. The summed E-state index contributed by atoms with van der Waals surface area (Å²) in [4.78, 5) is 38.8. The van der Waals surface area contributed by atoms with Crippen molar-refractivity contribution >= 4 is 29.4 Å². The van der Waals surface area contributed by atoms with Crippen molar-refractivity contribution in [2.75, 3.05) is 38.2 Å². The first-order valence-corrected chi connectivity index (χ1v) is 13.2. The summed E-state index contributed by atoms with van der Waals surface area (Å²) in [5, 5.41) is 3.77. The molecule has 0 spiro atoms. The van der Waals surface area contributed by atoms with Gasteiger partial charge in [-0.1, -0.05) is 41.9 Å². The molecule has 4 heterocycles. The number of nitrogens with zero attached hydrogens (tertiary/aromatic N) is 4. The minimum absolute atomic E-state index is 0.0123.